The minimum atomic E-state index is -0.327. The van der Waals surface area contributed by atoms with E-state index in [9.17, 15) is 9.59 Å². The van der Waals surface area contributed by atoms with Crippen molar-refractivity contribution < 1.29 is 14.3 Å². The number of imidazole rings is 1. The number of benzene rings is 1. The molecule has 0 saturated heterocycles. The number of aryl methyl sites for hydroxylation is 2. The molecule has 3 aromatic heterocycles. The van der Waals surface area contributed by atoms with E-state index in [0.717, 1.165) is 18.5 Å². The van der Waals surface area contributed by atoms with Crippen LogP contribution in [0.5, 0.6) is 11.6 Å². The van der Waals surface area contributed by atoms with Crippen molar-refractivity contribution in [1.29, 1.82) is 0 Å². The van der Waals surface area contributed by atoms with Crippen molar-refractivity contribution in [1.82, 2.24) is 24.4 Å². The van der Waals surface area contributed by atoms with Crippen molar-refractivity contribution >= 4 is 40.6 Å². The van der Waals surface area contributed by atoms with Crippen molar-refractivity contribution in [2.75, 3.05) is 10.6 Å². The molecule has 1 saturated carbocycles. The van der Waals surface area contributed by atoms with E-state index in [4.69, 9.17) is 16.3 Å². The number of nitrogens with one attached hydrogen (secondary N) is 2. The highest BCUT2D eigenvalue weighted by Crippen LogP contribution is 2.38. The van der Waals surface area contributed by atoms with Gasteiger partial charge in [0.05, 0.1) is 22.6 Å². The van der Waals surface area contributed by atoms with Gasteiger partial charge in [-0.25, -0.2) is 9.50 Å². The van der Waals surface area contributed by atoms with Crippen LogP contribution in [0.2, 0.25) is 5.02 Å². The summed E-state index contributed by atoms with van der Waals surface area (Å²) < 4.78 is 8.96. The van der Waals surface area contributed by atoms with Crippen molar-refractivity contribution in [2.24, 2.45) is 18.9 Å². The Morgan fingerprint density at radius 3 is 2.69 bits per heavy atom. The van der Waals surface area contributed by atoms with E-state index in [1.54, 1.807) is 49.6 Å². The van der Waals surface area contributed by atoms with Crippen LogP contribution in [-0.4, -0.2) is 36.2 Å². The summed E-state index contributed by atoms with van der Waals surface area (Å²) in [7, 11) is 1.72. The van der Waals surface area contributed by atoms with Crippen molar-refractivity contribution in [3.8, 4) is 11.6 Å². The zero-order chi connectivity index (χ0) is 24.7. The molecule has 1 aliphatic carbocycles. The molecule has 11 heteroatoms. The van der Waals surface area contributed by atoms with E-state index < -0.39 is 0 Å². The summed E-state index contributed by atoms with van der Waals surface area (Å²) in [4.78, 5) is 29.3. The first-order valence-electron chi connectivity index (χ1n) is 11.3. The Bertz CT molecular complexity index is 1440. The van der Waals surface area contributed by atoms with Gasteiger partial charge in [-0.3, -0.25) is 14.3 Å². The van der Waals surface area contributed by atoms with E-state index in [0.29, 0.717) is 45.4 Å². The number of anilines is 2. The van der Waals surface area contributed by atoms with Crippen LogP contribution >= 0.6 is 11.6 Å². The average molecular weight is 494 g/mol. The predicted molar refractivity (Wildman–Crippen MR) is 131 cm³/mol. The molecule has 35 heavy (non-hydrogen) atoms. The Balaban J connectivity index is 1.31. The molecule has 0 spiro atoms. The second-order valence-electron chi connectivity index (χ2n) is 8.61. The molecular formula is C24H24ClN7O3. The van der Waals surface area contributed by atoms with Gasteiger partial charge in [0.25, 0.3) is 5.91 Å². The Hall–Kier alpha value is -3.92. The minimum Gasteiger partial charge on any atom is -0.438 e. The van der Waals surface area contributed by atoms with Crippen molar-refractivity contribution in [3.05, 3.63) is 59.0 Å². The summed E-state index contributed by atoms with van der Waals surface area (Å²) >= 11 is 6.31. The number of fused-ring (bicyclic) bond motifs is 1. The van der Waals surface area contributed by atoms with Crippen LogP contribution in [0.1, 0.15) is 36.5 Å². The molecule has 10 nitrogen and oxygen atoms in total. The van der Waals surface area contributed by atoms with E-state index in [-0.39, 0.29) is 17.7 Å². The molecular weight excluding hydrogens is 470 g/mol. The van der Waals surface area contributed by atoms with Crippen LogP contribution in [0.4, 0.5) is 11.5 Å². The smallest absolute Gasteiger partial charge is 0.273 e. The summed E-state index contributed by atoms with van der Waals surface area (Å²) in [5.74, 6) is 1.30. The minimum absolute atomic E-state index is 0.0230. The van der Waals surface area contributed by atoms with Crippen LogP contribution in [0.25, 0.3) is 5.65 Å². The van der Waals surface area contributed by atoms with E-state index in [1.807, 2.05) is 13.8 Å². The normalized spacial score (nSPS) is 16.8. The molecule has 3 heterocycles. The highest BCUT2D eigenvalue weighted by molar-refractivity contribution is 6.34. The standard InChI is InChI=1S/C24H24ClN7O3/c1-4-14-10-19(31(3)29-14)24(34)26-18-11-15(5-6-17(18)25)35-22-8-7-21-27-20(12-32(21)30-22)28-23(33)16-9-13(16)2/h5-8,10-13,16H,4,9H2,1-3H3,(H,26,34)(H,28,33). The number of carbonyl (C=O) groups is 2. The summed E-state index contributed by atoms with van der Waals surface area (Å²) in [6, 6.07) is 10.1. The maximum atomic E-state index is 12.8. The summed E-state index contributed by atoms with van der Waals surface area (Å²) in [5, 5.41) is 14.7. The molecule has 2 amide bonds. The first-order valence-corrected chi connectivity index (χ1v) is 11.7. The molecule has 180 valence electrons. The van der Waals surface area contributed by atoms with Crippen LogP contribution in [0, 0.1) is 11.8 Å². The quantitative estimate of drug-likeness (QED) is 0.396. The Morgan fingerprint density at radius 1 is 1.17 bits per heavy atom. The van der Waals surface area contributed by atoms with Crippen molar-refractivity contribution in [2.45, 2.75) is 26.7 Å². The monoisotopic (exact) mass is 493 g/mol. The van der Waals surface area contributed by atoms with Crippen LogP contribution in [-0.2, 0) is 18.3 Å². The third-order valence-electron chi connectivity index (χ3n) is 5.93. The molecule has 2 unspecified atom stereocenters. The van der Waals surface area contributed by atoms with Gasteiger partial charge in [-0.15, -0.1) is 5.10 Å². The maximum absolute atomic E-state index is 12.8. The number of rotatable bonds is 7. The lowest BCUT2D eigenvalue weighted by molar-refractivity contribution is -0.117. The maximum Gasteiger partial charge on any atom is 0.273 e. The van der Waals surface area contributed by atoms with Gasteiger partial charge in [0.1, 0.15) is 11.4 Å². The first kappa shape index (κ1) is 22.9. The number of ether oxygens (including phenoxy) is 1. The number of nitrogens with zero attached hydrogens (tertiary/aromatic N) is 5. The number of hydrogen-bond donors (Lipinski definition) is 2. The lowest BCUT2D eigenvalue weighted by Gasteiger charge is -2.10. The molecule has 4 aromatic rings. The van der Waals surface area contributed by atoms with Gasteiger partial charge < -0.3 is 15.4 Å². The zero-order valence-corrected chi connectivity index (χ0v) is 20.2. The number of carbonyl (C=O) groups excluding carboxylic acids is 2. The summed E-state index contributed by atoms with van der Waals surface area (Å²) in [6.45, 7) is 4.02. The van der Waals surface area contributed by atoms with Gasteiger partial charge in [-0.2, -0.15) is 5.10 Å². The lowest BCUT2D eigenvalue weighted by Crippen LogP contribution is -2.16. The fourth-order valence-electron chi connectivity index (χ4n) is 3.77. The van der Waals surface area contributed by atoms with Crippen molar-refractivity contribution in [3.63, 3.8) is 0 Å². The van der Waals surface area contributed by atoms with Crippen LogP contribution < -0.4 is 15.4 Å². The van der Waals surface area contributed by atoms with E-state index in [2.05, 4.69) is 25.8 Å². The first-order chi connectivity index (χ1) is 16.8. The number of halogens is 1. The number of amides is 2. The SMILES string of the molecule is CCc1cc(C(=O)Nc2cc(Oc3ccc4nc(NC(=O)C5CC5C)cn4n3)ccc2Cl)n(C)n1. The highest BCUT2D eigenvalue weighted by Gasteiger charge is 2.39. The summed E-state index contributed by atoms with van der Waals surface area (Å²) in [6.07, 6.45) is 3.27. The highest BCUT2D eigenvalue weighted by atomic mass is 35.5. The molecule has 0 aliphatic heterocycles. The molecule has 5 rings (SSSR count). The van der Waals surface area contributed by atoms with E-state index >= 15 is 0 Å². The van der Waals surface area contributed by atoms with Gasteiger partial charge in [0.2, 0.25) is 11.8 Å². The fraction of sp³-hybridized carbons (Fsp3) is 0.292. The Morgan fingerprint density at radius 2 is 1.97 bits per heavy atom. The van der Waals surface area contributed by atoms with Gasteiger partial charge in [0.15, 0.2) is 11.5 Å². The van der Waals surface area contributed by atoms with Gasteiger partial charge >= 0.3 is 0 Å². The Labute approximate surface area is 206 Å². The van der Waals surface area contributed by atoms with Gasteiger partial charge in [-0.05, 0) is 43.0 Å². The molecule has 0 radical (unpaired) electrons. The molecule has 2 N–H and O–H groups in total. The van der Waals surface area contributed by atoms with Gasteiger partial charge in [0, 0.05) is 25.1 Å². The number of hydrogen-bond acceptors (Lipinski definition) is 6. The predicted octanol–water partition coefficient (Wildman–Crippen LogP) is 4.32. The topological polar surface area (TPSA) is 115 Å². The van der Waals surface area contributed by atoms with E-state index in [1.165, 1.54) is 9.20 Å². The second-order valence-corrected chi connectivity index (χ2v) is 9.01. The fourth-order valence-corrected chi connectivity index (χ4v) is 3.93. The Kier molecular flexibility index (Phi) is 5.89. The number of aromatic nitrogens is 5. The third-order valence-corrected chi connectivity index (χ3v) is 6.26. The molecule has 1 aliphatic rings. The third kappa shape index (κ3) is 4.83. The molecule has 1 aromatic carbocycles. The summed E-state index contributed by atoms with van der Waals surface area (Å²) in [5.41, 5.74) is 2.22. The molecule has 2 atom stereocenters. The largest absolute Gasteiger partial charge is 0.438 e. The second kappa shape index (κ2) is 9.03. The molecule has 0 bridgehead atoms. The molecule has 1 fully saturated rings. The zero-order valence-electron chi connectivity index (χ0n) is 19.4. The average Bonchev–Trinajstić information content (AvgIpc) is 3.24. The lowest BCUT2D eigenvalue weighted by atomic mass is 10.2. The van der Waals surface area contributed by atoms with Crippen LogP contribution in [0.3, 0.4) is 0 Å². The van der Waals surface area contributed by atoms with Crippen LogP contribution in [0.15, 0.2) is 42.6 Å². The van der Waals surface area contributed by atoms with Gasteiger partial charge in [-0.1, -0.05) is 25.4 Å².